The van der Waals surface area contributed by atoms with Crippen molar-refractivity contribution >= 4 is 30.4 Å². The highest BCUT2D eigenvalue weighted by Gasteiger charge is 2.56. The molecule has 0 N–H and O–H groups in total. The number of carbonyl (C=O) groups is 2. The van der Waals surface area contributed by atoms with Crippen molar-refractivity contribution in [3.05, 3.63) is 72.8 Å². The van der Waals surface area contributed by atoms with Crippen molar-refractivity contribution in [1.29, 1.82) is 0 Å². The Kier molecular flexibility index (Phi) is 8.48. The Morgan fingerprint density at radius 1 is 0.974 bits per heavy atom. The minimum atomic E-state index is -2.72. The molecule has 2 aliphatic rings. The molecular weight excluding hydrogens is 488 g/mol. The van der Waals surface area contributed by atoms with Crippen LogP contribution in [0.5, 0.6) is 0 Å². The molecule has 1 fully saturated rings. The van der Waals surface area contributed by atoms with Crippen LogP contribution in [-0.2, 0) is 18.8 Å². The summed E-state index contributed by atoms with van der Waals surface area (Å²) in [5.74, 6) is -0.190. The first kappa shape index (κ1) is 28.5. The van der Waals surface area contributed by atoms with E-state index in [-0.39, 0.29) is 40.6 Å². The van der Waals surface area contributed by atoms with Crippen LogP contribution in [0.2, 0.25) is 5.04 Å². The van der Waals surface area contributed by atoms with Crippen LogP contribution in [0.25, 0.3) is 0 Å². The summed E-state index contributed by atoms with van der Waals surface area (Å²) in [7, 11) is -2.72. The molecule has 38 heavy (non-hydrogen) atoms. The molecule has 2 aliphatic carbocycles. The minimum Gasteiger partial charge on any atom is -0.466 e. The largest absolute Gasteiger partial charge is 0.466 e. The van der Waals surface area contributed by atoms with E-state index in [9.17, 15) is 9.59 Å². The SMILES string of the molecule is CCOC(=O)[C@@H]1[C@H]2C[C@@H](C)[C@@H](C(C)O[Si](c3ccccc3)(c3ccccc3)C(C)(C)C)[C@@H]2C=C[C@@H]1C(C)=O. The Hall–Kier alpha value is -2.50. The average Bonchev–Trinajstić information content (AvgIpc) is 3.22. The zero-order valence-corrected chi connectivity index (χ0v) is 25.0. The van der Waals surface area contributed by atoms with Gasteiger partial charge in [0.15, 0.2) is 0 Å². The average molecular weight is 533 g/mol. The van der Waals surface area contributed by atoms with Crippen molar-refractivity contribution in [3.8, 4) is 0 Å². The summed E-state index contributed by atoms with van der Waals surface area (Å²) in [6.45, 7) is 15.2. The first-order valence-corrected chi connectivity index (χ1v) is 16.1. The van der Waals surface area contributed by atoms with Gasteiger partial charge in [-0.3, -0.25) is 9.59 Å². The van der Waals surface area contributed by atoms with Gasteiger partial charge in [-0.1, -0.05) is 101 Å². The molecule has 0 heterocycles. The highest BCUT2D eigenvalue weighted by Crippen LogP contribution is 2.53. The van der Waals surface area contributed by atoms with Gasteiger partial charge >= 0.3 is 5.97 Å². The third kappa shape index (κ3) is 5.07. The zero-order chi connectivity index (χ0) is 27.7. The first-order valence-electron chi connectivity index (χ1n) is 14.2. The van der Waals surface area contributed by atoms with E-state index < -0.39 is 20.2 Å². The number of ketones is 1. The summed E-state index contributed by atoms with van der Waals surface area (Å²) in [6.07, 6.45) is 5.05. The minimum absolute atomic E-state index is 0.0328. The van der Waals surface area contributed by atoms with Gasteiger partial charge in [-0.15, -0.1) is 0 Å². The smallest absolute Gasteiger partial charge is 0.310 e. The van der Waals surface area contributed by atoms with Gasteiger partial charge in [0.2, 0.25) is 0 Å². The van der Waals surface area contributed by atoms with Gasteiger partial charge in [0, 0.05) is 12.0 Å². The van der Waals surface area contributed by atoms with Crippen LogP contribution >= 0.6 is 0 Å². The summed E-state index contributed by atoms with van der Waals surface area (Å²) in [5, 5.41) is 2.43. The molecule has 0 radical (unpaired) electrons. The number of Topliss-reactive ketones (excluding diaryl/α,β-unsaturated/α-hetero) is 1. The molecule has 0 spiro atoms. The normalized spacial score (nSPS) is 28.0. The predicted molar refractivity (Wildman–Crippen MR) is 156 cm³/mol. The lowest BCUT2D eigenvalue weighted by molar-refractivity contribution is -0.154. The molecule has 5 heteroatoms. The number of allylic oxidation sites excluding steroid dienone is 2. The van der Waals surface area contributed by atoms with Crippen molar-refractivity contribution in [1.82, 2.24) is 0 Å². The second kappa shape index (κ2) is 11.3. The molecule has 1 unspecified atom stereocenters. The van der Waals surface area contributed by atoms with Crippen molar-refractivity contribution in [2.75, 3.05) is 6.61 Å². The Morgan fingerprint density at radius 3 is 2.00 bits per heavy atom. The molecule has 4 nitrogen and oxygen atoms in total. The maximum atomic E-state index is 13.1. The van der Waals surface area contributed by atoms with E-state index in [0.717, 1.165) is 6.42 Å². The molecule has 1 saturated carbocycles. The Balaban J connectivity index is 1.76. The van der Waals surface area contributed by atoms with E-state index in [1.54, 1.807) is 6.92 Å². The molecule has 0 aromatic heterocycles. The fraction of sp³-hybridized carbons (Fsp3) is 0.515. The number of benzene rings is 2. The molecule has 204 valence electrons. The summed E-state index contributed by atoms with van der Waals surface area (Å²) in [5.41, 5.74) is 0. The second-order valence-corrected chi connectivity index (χ2v) is 16.6. The number of carbonyl (C=O) groups excluding carboxylic acids is 2. The lowest BCUT2D eigenvalue weighted by Crippen LogP contribution is -2.68. The molecule has 2 aromatic rings. The predicted octanol–water partition coefficient (Wildman–Crippen LogP) is 5.79. The van der Waals surface area contributed by atoms with Gasteiger partial charge in [-0.25, -0.2) is 0 Å². The van der Waals surface area contributed by atoms with Crippen LogP contribution in [0.4, 0.5) is 0 Å². The van der Waals surface area contributed by atoms with Crippen LogP contribution in [0, 0.1) is 35.5 Å². The molecular formula is C33H44O4Si. The van der Waals surface area contributed by atoms with Crippen molar-refractivity contribution in [2.24, 2.45) is 35.5 Å². The zero-order valence-electron chi connectivity index (χ0n) is 24.0. The number of esters is 1. The van der Waals surface area contributed by atoms with E-state index in [4.69, 9.17) is 9.16 Å². The highest BCUT2D eigenvalue weighted by atomic mass is 28.4. The number of hydrogen-bond acceptors (Lipinski definition) is 4. The van der Waals surface area contributed by atoms with Crippen LogP contribution in [-0.4, -0.2) is 32.8 Å². The highest BCUT2D eigenvalue weighted by molar-refractivity contribution is 6.99. The van der Waals surface area contributed by atoms with Crippen LogP contribution < -0.4 is 10.4 Å². The third-order valence-electron chi connectivity index (χ3n) is 8.98. The Bertz CT molecular complexity index is 1100. The second-order valence-electron chi connectivity index (χ2n) is 12.3. The Labute approximate surface area is 230 Å². The lowest BCUT2D eigenvalue weighted by Gasteiger charge is -2.47. The summed E-state index contributed by atoms with van der Waals surface area (Å²) in [4.78, 5) is 25.7. The first-order chi connectivity index (χ1) is 18.0. The van der Waals surface area contributed by atoms with Crippen molar-refractivity contribution < 1.29 is 18.8 Å². The van der Waals surface area contributed by atoms with Crippen molar-refractivity contribution in [3.63, 3.8) is 0 Å². The van der Waals surface area contributed by atoms with E-state index >= 15 is 0 Å². The van der Waals surface area contributed by atoms with Crippen LogP contribution in [0.1, 0.15) is 54.9 Å². The third-order valence-corrected chi connectivity index (χ3v) is 14.1. The molecule has 0 bridgehead atoms. The molecule has 0 saturated heterocycles. The van der Waals surface area contributed by atoms with Gasteiger partial charge in [-0.05, 0) is 66.3 Å². The van der Waals surface area contributed by atoms with Gasteiger partial charge in [0.05, 0.1) is 12.5 Å². The lowest BCUT2D eigenvalue weighted by atomic mass is 9.68. The summed E-state index contributed by atoms with van der Waals surface area (Å²) in [6, 6.07) is 21.5. The monoisotopic (exact) mass is 532 g/mol. The topological polar surface area (TPSA) is 52.6 Å². The fourth-order valence-corrected chi connectivity index (χ4v) is 12.2. The quantitative estimate of drug-likeness (QED) is 0.245. The molecule has 0 aliphatic heterocycles. The number of ether oxygens (including phenoxy) is 1. The van der Waals surface area contributed by atoms with Gasteiger partial charge in [0.1, 0.15) is 5.78 Å². The van der Waals surface area contributed by atoms with Gasteiger partial charge in [-0.2, -0.15) is 0 Å². The standard InChI is InChI=1S/C33H44O4Si/c1-8-36-32(35)31-27(23(3)34)19-20-28-29(31)21-22(2)30(28)24(4)37-38(33(5,6)7,25-15-11-9-12-16-25)26-17-13-10-14-18-26/h9-20,22,24,27-31H,8,21H2,1-7H3/t22-,24?,27-,28-,29+,30+,31+/m1/s1. The number of hydrogen-bond donors (Lipinski definition) is 0. The molecule has 4 rings (SSSR count). The van der Waals surface area contributed by atoms with Crippen LogP contribution in [0.15, 0.2) is 72.8 Å². The fourth-order valence-electron chi connectivity index (χ4n) is 7.47. The molecule has 0 amide bonds. The van der Waals surface area contributed by atoms with E-state index in [1.165, 1.54) is 10.4 Å². The summed E-state index contributed by atoms with van der Waals surface area (Å²) < 4.78 is 13.0. The van der Waals surface area contributed by atoms with E-state index in [1.807, 2.05) is 13.0 Å². The molecule has 2 aromatic carbocycles. The molecule has 7 atom stereocenters. The maximum absolute atomic E-state index is 13.1. The summed E-state index contributed by atoms with van der Waals surface area (Å²) >= 11 is 0. The number of fused-ring (bicyclic) bond motifs is 1. The van der Waals surface area contributed by atoms with E-state index in [2.05, 4.69) is 101 Å². The number of rotatable bonds is 8. The Morgan fingerprint density at radius 2 is 1.53 bits per heavy atom. The van der Waals surface area contributed by atoms with Crippen molar-refractivity contribution in [2.45, 2.75) is 66.0 Å². The van der Waals surface area contributed by atoms with E-state index in [0.29, 0.717) is 12.5 Å². The van der Waals surface area contributed by atoms with Gasteiger partial charge < -0.3 is 9.16 Å². The van der Waals surface area contributed by atoms with Gasteiger partial charge in [0.25, 0.3) is 8.32 Å². The van der Waals surface area contributed by atoms with Crippen LogP contribution in [0.3, 0.4) is 0 Å². The maximum Gasteiger partial charge on any atom is 0.310 e.